The number of ether oxygens (including phenoxy) is 4. The third kappa shape index (κ3) is 7.29. The molecule has 3 rings (SSSR count). The van der Waals surface area contributed by atoms with Gasteiger partial charge in [0, 0.05) is 36.7 Å². The second kappa shape index (κ2) is 11.4. The number of unbranched alkanes of at least 4 members (excludes halogenated alkanes) is 1. The number of nitrogens with zero attached hydrogens (tertiary/aromatic N) is 3. The van der Waals surface area contributed by atoms with Crippen molar-refractivity contribution in [3.63, 3.8) is 0 Å². The molecule has 0 aromatic carbocycles. The molecule has 0 unspecified atom stereocenters. The summed E-state index contributed by atoms with van der Waals surface area (Å²) in [6, 6.07) is 0.160. The molecule has 1 N–H and O–H groups in total. The number of nitrogens with one attached hydrogen (secondary N) is 1. The summed E-state index contributed by atoms with van der Waals surface area (Å²) in [6.45, 7) is 14.5. The molecule has 0 aliphatic carbocycles. The van der Waals surface area contributed by atoms with Crippen LogP contribution in [0.3, 0.4) is 0 Å². The Morgan fingerprint density at radius 1 is 1.33 bits per heavy atom. The van der Waals surface area contributed by atoms with Crippen molar-refractivity contribution in [2.45, 2.75) is 91.2 Å². The largest absolute Gasteiger partial charge is 0.470 e. The maximum atomic E-state index is 6.18. The van der Waals surface area contributed by atoms with E-state index in [1.165, 1.54) is 0 Å². The lowest BCUT2D eigenvalue weighted by atomic mass is 10.2. The third-order valence-corrected chi connectivity index (χ3v) is 6.04. The number of aromatic nitrogens is 3. The standard InChI is InChI=1S/C24H40N4O4S/c1-8-9-10-29-16-28-12-17(20-21(28)22(27-15-26-20)32-23(2,3)4)11-25-18(14-33-7)19-13-30-24(5,6)31-19/h12,15,18-19,25H,8-11,13-14,16H2,1-7H3/t18-,19+/m0/s1. The summed E-state index contributed by atoms with van der Waals surface area (Å²) in [5, 5.41) is 3.69. The van der Waals surface area contributed by atoms with Gasteiger partial charge in [-0.3, -0.25) is 0 Å². The van der Waals surface area contributed by atoms with Crippen LogP contribution in [0, 0.1) is 0 Å². The molecule has 3 heterocycles. The Hall–Kier alpha value is -1.39. The predicted molar refractivity (Wildman–Crippen MR) is 133 cm³/mol. The Kier molecular flexibility index (Phi) is 9.02. The lowest BCUT2D eigenvalue weighted by molar-refractivity contribution is -0.141. The molecule has 33 heavy (non-hydrogen) atoms. The first-order chi connectivity index (χ1) is 15.6. The highest BCUT2D eigenvalue weighted by molar-refractivity contribution is 7.98. The van der Waals surface area contributed by atoms with E-state index in [0.29, 0.717) is 25.8 Å². The number of fused-ring (bicyclic) bond motifs is 1. The van der Waals surface area contributed by atoms with Crippen molar-refractivity contribution in [1.29, 1.82) is 0 Å². The zero-order valence-corrected chi connectivity index (χ0v) is 22.0. The van der Waals surface area contributed by atoms with Crippen LogP contribution in [0.5, 0.6) is 5.88 Å². The molecule has 0 spiro atoms. The lowest BCUT2D eigenvalue weighted by Crippen LogP contribution is -2.43. The molecule has 1 fully saturated rings. The summed E-state index contributed by atoms with van der Waals surface area (Å²) in [5.41, 5.74) is 2.45. The van der Waals surface area contributed by atoms with Crippen LogP contribution in [-0.2, 0) is 27.5 Å². The van der Waals surface area contributed by atoms with E-state index in [1.54, 1.807) is 18.1 Å². The average Bonchev–Trinajstić information content (AvgIpc) is 3.28. The molecule has 186 valence electrons. The van der Waals surface area contributed by atoms with E-state index in [0.717, 1.165) is 41.8 Å². The molecule has 0 amide bonds. The Morgan fingerprint density at radius 3 is 2.76 bits per heavy atom. The Bertz CT molecular complexity index is 896. The fourth-order valence-electron chi connectivity index (χ4n) is 3.81. The molecule has 1 saturated heterocycles. The first-order valence-electron chi connectivity index (χ1n) is 11.8. The molecule has 0 radical (unpaired) electrons. The first-order valence-corrected chi connectivity index (χ1v) is 13.2. The molecule has 1 aliphatic rings. The molecule has 9 heteroatoms. The van der Waals surface area contributed by atoms with Crippen molar-refractivity contribution in [3.05, 3.63) is 18.1 Å². The van der Waals surface area contributed by atoms with Crippen LogP contribution in [0.15, 0.2) is 12.5 Å². The van der Waals surface area contributed by atoms with Gasteiger partial charge < -0.3 is 28.8 Å². The summed E-state index contributed by atoms with van der Waals surface area (Å²) in [5.74, 6) is 0.963. The van der Waals surface area contributed by atoms with Crippen LogP contribution in [0.1, 0.15) is 59.9 Å². The van der Waals surface area contributed by atoms with Crippen molar-refractivity contribution in [3.8, 4) is 5.88 Å². The predicted octanol–water partition coefficient (Wildman–Crippen LogP) is 4.36. The summed E-state index contributed by atoms with van der Waals surface area (Å²) in [6.07, 6.45) is 7.92. The van der Waals surface area contributed by atoms with Crippen LogP contribution in [-0.4, -0.2) is 63.3 Å². The molecule has 2 atom stereocenters. The molecule has 0 saturated carbocycles. The maximum absolute atomic E-state index is 6.18. The van der Waals surface area contributed by atoms with Gasteiger partial charge in [-0.2, -0.15) is 16.7 Å². The monoisotopic (exact) mass is 480 g/mol. The molecule has 0 bridgehead atoms. The Labute approximate surface area is 202 Å². The van der Waals surface area contributed by atoms with Gasteiger partial charge in [0.1, 0.15) is 35.8 Å². The van der Waals surface area contributed by atoms with Crippen LogP contribution in [0.4, 0.5) is 0 Å². The van der Waals surface area contributed by atoms with E-state index in [2.05, 4.69) is 39.2 Å². The highest BCUT2D eigenvalue weighted by Crippen LogP contribution is 2.30. The van der Waals surface area contributed by atoms with E-state index in [1.807, 2.05) is 34.6 Å². The molecule has 2 aromatic rings. The highest BCUT2D eigenvalue weighted by atomic mass is 32.2. The third-order valence-electron chi connectivity index (χ3n) is 5.35. The quantitative estimate of drug-likeness (QED) is 0.449. The van der Waals surface area contributed by atoms with Crippen molar-refractivity contribution in [2.24, 2.45) is 0 Å². The second-order valence-electron chi connectivity index (χ2n) is 9.92. The van der Waals surface area contributed by atoms with Crippen LogP contribution in [0.2, 0.25) is 0 Å². The molecule has 8 nitrogen and oxygen atoms in total. The lowest BCUT2D eigenvalue weighted by Gasteiger charge is -2.24. The minimum absolute atomic E-state index is 0.00703. The molecular formula is C24H40N4O4S. The van der Waals surface area contributed by atoms with Crippen molar-refractivity contribution in [2.75, 3.05) is 25.2 Å². The SMILES string of the molecule is CCCCOCn1cc(CN[C@@H](CSC)[C@H]2COC(C)(C)O2)c2ncnc(OC(C)(C)C)c21. The van der Waals surface area contributed by atoms with E-state index in [9.17, 15) is 0 Å². The van der Waals surface area contributed by atoms with Gasteiger partial charge in [0.05, 0.1) is 6.61 Å². The van der Waals surface area contributed by atoms with Gasteiger partial charge in [-0.15, -0.1) is 0 Å². The van der Waals surface area contributed by atoms with Gasteiger partial charge in [0.15, 0.2) is 5.79 Å². The van der Waals surface area contributed by atoms with Crippen molar-refractivity contribution >= 4 is 22.8 Å². The van der Waals surface area contributed by atoms with Gasteiger partial charge in [0.25, 0.3) is 0 Å². The van der Waals surface area contributed by atoms with Crippen molar-refractivity contribution < 1.29 is 18.9 Å². The second-order valence-corrected chi connectivity index (χ2v) is 10.8. The number of thioether (sulfide) groups is 1. The van der Waals surface area contributed by atoms with Gasteiger partial charge in [0.2, 0.25) is 5.88 Å². The van der Waals surface area contributed by atoms with Gasteiger partial charge in [-0.05, 0) is 47.3 Å². The zero-order chi connectivity index (χ0) is 24.1. The van der Waals surface area contributed by atoms with E-state index >= 15 is 0 Å². The van der Waals surface area contributed by atoms with Gasteiger partial charge in [-0.1, -0.05) is 13.3 Å². The molecule has 2 aromatic heterocycles. The summed E-state index contributed by atoms with van der Waals surface area (Å²) in [7, 11) is 0. The van der Waals surface area contributed by atoms with Crippen LogP contribution >= 0.6 is 11.8 Å². The highest BCUT2D eigenvalue weighted by Gasteiger charge is 2.37. The number of hydrogen-bond acceptors (Lipinski definition) is 8. The van der Waals surface area contributed by atoms with Gasteiger partial charge >= 0.3 is 0 Å². The smallest absolute Gasteiger partial charge is 0.242 e. The van der Waals surface area contributed by atoms with E-state index in [4.69, 9.17) is 18.9 Å². The van der Waals surface area contributed by atoms with E-state index < -0.39 is 5.79 Å². The zero-order valence-electron chi connectivity index (χ0n) is 21.1. The van der Waals surface area contributed by atoms with Gasteiger partial charge in [-0.25, -0.2) is 4.98 Å². The number of hydrogen-bond donors (Lipinski definition) is 1. The topological polar surface area (TPSA) is 79.7 Å². The average molecular weight is 481 g/mol. The summed E-state index contributed by atoms with van der Waals surface area (Å²) >= 11 is 1.80. The molecule has 1 aliphatic heterocycles. The fraction of sp³-hybridized carbons (Fsp3) is 0.750. The first kappa shape index (κ1) is 26.2. The van der Waals surface area contributed by atoms with Crippen molar-refractivity contribution in [1.82, 2.24) is 19.9 Å². The maximum Gasteiger partial charge on any atom is 0.242 e. The van der Waals surface area contributed by atoms with Crippen LogP contribution in [0.25, 0.3) is 11.0 Å². The minimum atomic E-state index is -0.540. The molecular weight excluding hydrogens is 440 g/mol. The Morgan fingerprint density at radius 2 is 2.12 bits per heavy atom. The number of rotatable bonds is 12. The summed E-state index contributed by atoms with van der Waals surface area (Å²) < 4.78 is 26.1. The minimum Gasteiger partial charge on any atom is -0.470 e. The Balaban J connectivity index is 1.84. The summed E-state index contributed by atoms with van der Waals surface area (Å²) in [4.78, 5) is 9.06. The fourth-order valence-corrected chi connectivity index (χ4v) is 4.50. The van der Waals surface area contributed by atoms with E-state index in [-0.39, 0.29) is 17.7 Å². The van der Waals surface area contributed by atoms with Crippen LogP contribution < -0.4 is 10.1 Å². The normalized spacial score (nSPS) is 19.3.